The van der Waals surface area contributed by atoms with Crippen molar-refractivity contribution in [3.8, 4) is 0 Å². The molecule has 2 unspecified atom stereocenters. The zero-order valence-electron chi connectivity index (χ0n) is 7.08. The van der Waals surface area contributed by atoms with Gasteiger partial charge in [0.2, 0.25) is 0 Å². The molecule has 1 saturated heterocycles. The summed E-state index contributed by atoms with van der Waals surface area (Å²) < 4.78 is 0. The van der Waals surface area contributed by atoms with E-state index in [0.29, 0.717) is 0 Å². The third-order valence-electron chi connectivity index (χ3n) is 2.50. The van der Waals surface area contributed by atoms with E-state index in [2.05, 4.69) is 6.92 Å². The van der Waals surface area contributed by atoms with E-state index >= 15 is 0 Å². The van der Waals surface area contributed by atoms with Crippen molar-refractivity contribution in [2.45, 2.75) is 32.2 Å². The number of quaternary nitrogens is 1. The minimum Gasteiger partial charge on any atom is -1.00 e. The van der Waals surface area contributed by atoms with Crippen LogP contribution in [0.5, 0.6) is 0 Å². The number of alkyl halides is 1. The predicted octanol–water partition coefficient (Wildman–Crippen LogP) is -2.31. The highest BCUT2D eigenvalue weighted by atomic mass is 35.5. The Morgan fingerprint density at radius 1 is 1.45 bits per heavy atom. The van der Waals surface area contributed by atoms with Crippen molar-refractivity contribution in [2.24, 2.45) is 0 Å². The van der Waals surface area contributed by atoms with Crippen molar-refractivity contribution in [2.75, 3.05) is 19.0 Å². The van der Waals surface area contributed by atoms with Gasteiger partial charge in [-0.05, 0) is 26.2 Å². The Hall–Kier alpha value is 0.540. The minimum absolute atomic E-state index is 0. The molecule has 1 rings (SSSR count). The van der Waals surface area contributed by atoms with E-state index in [0.717, 1.165) is 18.5 Å². The molecule has 3 heteroatoms. The Balaban J connectivity index is 0.000001000. The van der Waals surface area contributed by atoms with Crippen LogP contribution in [-0.4, -0.2) is 25.0 Å². The highest BCUT2D eigenvalue weighted by molar-refractivity contribution is 6.17. The summed E-state index contributed by atoms with van der Waals surface area (Å²) in [5.41, 5.74) is 0. The zero-order chi connectivity index (χ0) is 7.40. The number of halogens is 2. The van der Waals surface area contributed by atoms with Crippen molar-refractivity contribution in [3.05, 3.63) is 0 Å². The number of hydrogen-bond donors (Lipinski definition) is 1. The van der Waals surface area contributed by atoms with E-state index in [1.165, 1.54) is 25.8 Å². The third-order valence-corrected chi connectivity index (χ3v) is 2.69. The van der Waals surface area contributed by atoms with Crippen LogP contribution in [0, 0.1) is 0 Å². The van der Waals surface area contributed by atoms with Crippen LogP contribution < -0.4 is 17.3 Å². The number of hydrogen-bond acceptors (Lipinski definition) is 0. The minimum atomic E-state index is 0. The summed E-state index contributed by atoms with van der Waals surface area (Å²) in [4.78, 5) is 1.71. The summed E-state index contributed by atoms with van der Waals surface area (Å²) in [6, 6.07) is 0.854. The number of rotatable bonds is 2. The quantitative estimate of drug-likeness (QED) is 0.475. The van der Waals surface area contributed by atoms with Gasteiger partial charge in [-0.15, -0.1) is 11.6 Å². The highest BCUT2D eigenvalue weighted by Gasteiger charge is 2.20. The van der Waals surface area contributed by atoms with Gasteiger partial charge in [-0.1, -0.05) is 0 Å². The molecule has 0 bridgehead atoms. The maximum Gasteiger partial charge on any atom is 0.0910 e. The molecular formula is C8H17Cl2N. The number of likely N-dealkylation sites (tertiary alicyclic amines) is 1. The molecule has 0 amide bonds. The zero-order valence-corrected chi connectivity index (χ0v) is 8.59. The van der Waals surface area contributed by atoms with Crippen molar-refractivity contribution in [1.29, 1.82) is 0 Å². The first-order chi connectivity index (χ1) is 4.84. The molecule has 1 aliphatic heterocycles. The first-order valence-corrected chi connectivity index (χ1v) is 4.78. The standard InChI is InChI=1S/C8H16ClN.ClH/c1-8-4-2-3-6-10(8)7-5-9;/h8H,2-7H2,1H3;1H. The summed E-state index contributed by atoms with van der Waals surface area (Å²) in [7, 11) is 0. The normalized spacial score (nSPS) is 31.1. The Labute approximate surface area is 80.5 Å². The molecule has 1 N–H and O–H groups in total. The first-order valence-electron chi connectivity index (χ1n) is 4.25. The Morgan fingerprint density at radius 3 is 2.73 bits per heavy atom. The van der Waals surface area contributed by atoms with Crippen LogP contribution in [0.25, 0.3) is 0 Å². The molecule has 0 aliphatic carbocycles. The fourth-order valence-electron chi connectivity index (χ4n) is 1.75. The van der Waals surface area contributed by atoms with Crippen LogP contribution in [0.15, 0.2) is 0 Å². The lowest BCUT2D eigenvalue weighted by Crippen LogP contribution is -3.16. The van der Waals surface area contributed by atoms with E-state index < -0.39 is 0 Å². The van der Waals surface area contributed by atoms with Crippen molar-refractivity contribution >= 4 is 11.6 Å². The lowest BCUT2D eigenvalue weighted by molar-refractivity contribution is -0.926. The summed E-state index contributed by atoms with van der Waals surface area (Å²) >= 11 is 5.68. The monoisotopic (exact) mass is 197 g/mol. The summed E-state index contributed by atoms with van der Waals surface area (Å²) in [5, 5.41) is 0. The fourth-order valence-corrected chi connectivity index (χ4v) is 1.99. The smallest absolute Gasteiger partial charge is 0.0910 e. The molecule has 1 aliphatic rings. The lowest BCUT2D eigenvalue weighted by atomic mass is 10.0. The van der Waals surface area contributed by atoms with E-state index in [-0.39, 0.29) is 12.4 Å². The summed E-state index contributed by atoms with van der Waals surface area (Å²) in [5.74, 6) is 0.819. The van der Waals surface area contributed by atoms with Crippen molar-refractivity contribution in [3.63, 3.8) is 0 Å². The van der Waals surface area contributed by atoms with Gasteiger partial charge in [0.1, 0.15) is 0 Å². The van der Waals surface area contributed by atoms with Gasteiger partial charge in [-0.25, -0.2) is 0 Å². The van der Waals surface area contributed by atoms with Crippen LogP contribution >= 0.6 is 11.6 Å². The van der Waals surface area contributed by atoms with Crippen molar-refractivity contribution in [1.82, 2.24) is 0 Å². The highest BCUT2D eigenvalue weighted by Crippen LogP contribution is 2.01. The van der Waals surface area contributed by atoms with Gasteiger partial charge in [0.15, 0.2) is 0 Å². The van der Waals surface area contributed by atoms with Gasteiger partial charge < -0.3 is 17.3 Å². The van der Waals surface area contributed by atoms with E-state index in [9.17, 15) is 0 Å². The molecule has 0 aromatic carbocycles. The second-order valence-corrected chi connectivity index (χ2v) is 3.62. The number of nitrogens with one attached hydrogen (secondary N) is 1. The van der Waals surface area contributed by atoms with Crippen LogP contribution in [0.4, 0.5) is 0 Å². The molecule has 1 nitrogen and oxygen atoms in total. The molecule has 1 fully saturated rings. The van der Waals surface area contributed by atoms with Crippen LogP contribution in [0.3, 0.4) is 0 Å². The Bertz CT molecular complexity index is 96.1. The maximum absolute atomic E-state index is 5.68. The molecule has 0 radical (unpaired) electrons. The topological polar surface area (TPSA) is 4.44 Å². The molecule has 0 aromatic rings. The summed E-state index contributed by atoms with van der Waals surface area (Å²) in [6.07, 6.45) is 4.22. The lowest BCUT2D eigenvalue weighted by Gasteiger charge is -2.29. The average Bonchev–Trinajstić information content (AvgIpc) is 1.94. The summed E-state index contributed by atoms with van der Waals surface area (Å²) in [6.45, 7) is 4.83. The second kappa shape index (κ2) is 6.10. The Morgan fingerprint density at radius 2 is 2.18 bits per heavy atom. The molecule has 0 aromatic heterocycles. The first kappa shape index (κ1) is 11.5. The fraction of sp³-hybridized carbons (Fsp3) is 1.00. The van der Waals surface area contributed by atoms with Crippen molar-refractivity contribution < 1.29 is 17.3 Å². The van der Waals surface area contributed by atoms with Gasteiger partial charge in [0.25, 0.3) is 0 Å². The molecule has 11 heavy (non-hydrogen) atoms. The molecule has 0 spiro atoms. The van der Waals surface area contributed by atoms with Gasteiger partial charge in [0, 0.05) is 0 Å². The van der Waals surface area contributed by atoms with Crippen LogP contribution in [-0.2, 0) is 0 Å². The third kappa shape index (κ3) is 3.64. The van der Waals surface area contributed by atoms with Crippen LogP contribution in [0.2, 0.25) is 0 Å². The van der Waals surface area contributed by atoms with E-state index in [4.69, 9.17) is 11.6 Å². The average molecular weight is 198 g/mol. The predicted molar refractivity (Wildman–Crippen MR) is 44.7 cm³/mol. The molecule has 2 atom stereocenters. The number of piperidine rings is 1. The van der Waals surface area contributed by atoms with Gasteiger partial charge in [-0.2, -0.15) is 0 Å². The molecule has 68 valence electrons. The molecular weight excluding hydrogens is 181 g/mol. The van der Waals surface area contributed by atoms with Gasteiger partial charge >= 0.3 is 0 Å². The van der Waals surface area contributed by atoms with Crippen LogP contribution in [0.1, 0.15) is 26.2 Å². The Kier molecular flexibility index (Phi) is 6.40. The van der Waals surface area contributed by atoms with Gasteiger partial charge in [0.05, 0.1) is 25.0 Å². The molecule has 1 heterocycles. The van der Waals surface area contributed by atoms with E-state index in [1.807, 2.05) is 0 Å². The maximum atomic E-state index is 5.68. The SMILES string of the molecule is CC1CCCC[NH+]1CCCl.[Cl-]. The van der Waals surface area contributed by atoms with E-state index in [1.54, 1.807) is 4.90 Å². The molecule has 0 saturated carbocycles. The largest absolute Gasteiger partial charge is 1.00 e. The second-order valence-electron chi connectivity index (χ2n) is 3.24. The van der Waals surface area contributed by atoms with Gasteiger partial charge in [-0.3, -0.25) is 0 Å².